The largest absolute Gasteiger partial charge is 0.444 e. The number of nitrogens with zero attached hydrogens (tertiary/aromatic N) is 3. The van der Waals surface area contributed by atoms with Gasteiger partial charge in [-0.15, -0.1) is 0 Å². The molecule has 2 fully saturated rings. The molecule has 0 spiro atoms. The van der Waals surface area contributed by atoms with Gasteiger partial charge in [-0.1, -0.05) is 0 Å². The van der Waals surface area contributed by atoms with E-state index in [2.05, 4.69) is 4.90 Å². The van der Waals surface area contributed by atoms with Gasteiger partial charge in [0.1, 0.15) is 5.60 Å². The molecular weight excluding hydrogens is 306 g/mol. The van der Waals surface area contributed by atoms with E-state index in [9.17, 15) is 13.2 Å². The van der Waals surface area contributed by atoms with Crippen molar-refractivity contribution in [3.05, 3.63) is 0 Å². The van der Waals surface area contributed by atoms with E-state index in [1.165, 1.54) is 0 Å². The van der Waals surface area contributed by atoms with Gasteiger partial charge in [0.25, 0.3) is 0 Å². The molecule has 0 aliphatic carbocycles. The highest BCUT2D eigenvalue weighted by Crippen LogP contribution is 2.14. The SMILES string of the molecule is CC(C)(C)OC(=O)N1CCN(CCN2CCCS2(=O)=O)CC1. The second-order valence-corrected chi connectivity index (χ2v) is 8.97. The molecule has 0 atom stereocenters. The quantitative estimate of drug-likeness (QED) is 0.755. The van der Waals surface area contributed by atoms with Crippen LogP contribution in [0.15, 0.2) is 0 Å². The first-order valence-electron chi connectivity index (χ1n) is 7.85. The van der Waals surface area contributed by atoms with Gasteiger partial charge in [0.15, 0.2) is 0 Å². The molecule has 2 heterocycles. The van der Waals surface area contributed by atoms with Crippen molar-refractivity contribution in [1.29, 1.82) is 0 Å². The molecule has 0 saturated carbocycles. The zero-order chi connectivity index (χ0) is 16.4. The molecule has 1 amide bonds. The smallest absolute Gasteiger partial charge is 0.410 e. The molecule has 8 heteroatoms. The van der Waals surface area contributed by atoms with Gasteiger partial charge in [-0.25, -0.2) is 17.5 Å². The van der Waals surface area contributed by atoms with E-state index < -0.39 is 15.6 Å². The fraction of sp³-hybridized carbons (Fsp3) is 0.929. The average molecular weight is 333 g/mol. The summed E-state index contributed by atoms with van der Waals surface area (Å²) in [5.41, 5.74) is -0.474. The molecule has 2 saturated heterocycles. The van der Waals surface area contributed by atoms with Gasteiger partial charge < -0.3 is 9.64 Å². The maximum absolute atomic E-state index is 12.0. The summed E-state index contributed by atoms with van der Waals surface area (Å²) in [6.07, 6.45) is 0.462. The van der Waals surface area contributed by atoms with Gasteiger partial charge in [0.05, 0.1) is 5.75 Å². The van der Waals surface area contributed by atoms with Crippen LogP contribution in [0.2, 0.25) is 0 Å². The topological polar surface area (TPSA) is 70.2 Å². The van der Waals surface area contributed by atoms with Gasteiger partial charge in [0.2, 0.25) is 10.0 Å². The molecule has 0 unspecified atom stereocenters. The summed E-state index contributed by atoms with van der Waals surface area (Å²) >= 11 is 0. The molecule has 0 bridgehead atoms. The van der Waals surface area contributed by atoms with E-state index in [1.807, 2.05) is 20.8 Å². The summed E-state index contributed by atoms with van der Waals surface area (Å²) < 4.78 is 30.4. The Morgan fingerprint density at radius 3 is 2.18 bits per heavy atom. The number of carbonyl (C=O) groups is 1. The highest BCUT2D eigenvalue weighted by Gasteiger charge is 2.29. The molecule has 128 valence electrons. The Labute approximate surface area is 133 Å². The lowest BCUT2D eigenvalue weighted by Crippen LogP contribution is -2.51. The third-order valence-corrected chi connectivity index (χ3v) is 5.85. The van der Waals surface area contributed by atoms with Crippen LogP contribution in [0.5, 0.6) is 0 Å². The fourth-order valence-corrected chi connectivity index (χ4v) is 4.20. The van der Waals surface area contributed by atoms with Crippen molar-refractivity contribution in [3.63, 3.8) is 0 Å². The minimum absolute atomic E-state index is 0.269. The number of sulfonamides is 1. The minimum Gasteiger partial charge on any atom is -0.444 e. The second kappa shape index (κ2) is 6.72. The van der Waals surface area contributed by atoms with Crippen LogP contribution in [-0.4, -0.2) is 85.8 Å². The highest BCUT2D eigenvalue weighted by molar-refractivity contribution is 7.89. The van der Waals surface area contributed by atoms with E-state index >= 15 is 0 Å². The van der Waals surface area contributed by atoms with Gasteiger partial charge in [-0.05, 0) is 27.2 Å². The minimum atomic E-state index is -3.01. The first-order valence-corrected chi connectivity index (χ1v) is 9.46. The monoisotopic (exact) mass is 333 g/mol. The Morgan fingerprint density at radius 1 is 1.05 bits per heavy atom. The van der Waals surface area contributed by atoms with Crippen molar-refractivity contribution in [2.75, 3.05) is 51.6 Å². The Bertz CT molecular complexity index is 493. The van der Waals surface area contributed by atoms with Crippen LogP contribution in [0.25, 0.3) is 0 Å². The summed E-state index contributed by atoms with van der Waals surface area (Å²) in [6, 6.07) is 0. The average Bonchev–Trinajstić information content (AvgIpc) is 2.74. The van der Waals surface area contributed by atoms with E-state index in [1.54, 1.807) is 9.21 Å². The van der Waals surface area contributed by atoms with Crippen molar-refractivity contribution in [2.45, 2.75) is 32.8 Å². The lowest BCUT2D eigenvalue weighted by Gasteiger charge is -2.36. The number of amides is 1. The van der Waals surface area contributed by atoms with Crippen LogP contribution in [-0.2, 0) is 14.8 Å². The van der Waals surface area contributed by atoms with Gasteiger partial charge in [-0.3, -0.25) is 4.90 Å². The number of piperazine rings is 1. The number of hydrogen-bond donors (Lipinski definition) is 0. The highest BCUT2D eigenvalue weighted by atomic mass is 32.2. The van der Waals surface area contributed by atoms with E-state index in [0.717, 1.165) is 26.1 Å². The van der Waals surface area contributed by atoms with E-state index in [4.69, 9.17) is 4.74 Å². The zero-order valence-electron chi connectivity index (χ0n) is 13.7. The summed E-state index contributed by atoms with van der Waals surface area (Å²) in [5.74, 6) is 0.277. The zero-order valence-corrected chi connectivity index (χ0v) is 14.6. The van der Waals surface area contributed by atoms with Crippen LogP contribution in [0, 0.1) is 0 Å². The van der Waals surface area contributed by atoms with Crippen molar-refractivity contribution < 1.29 is 17.9 Å². The first kappa shape index (κ1) is 17.5. The van der Waals surface area contributed by atoms with Crippen molar-refractivity contribution in [2.24, 2.45) is 0 Å². The van der Waals surface area contributed by atoms with Crippen LogP contribution < -0.4 is 0 Å². The molecule has 0 aromatic rings. The Morgan fingerprint density at radius 2 is 1.68 bits per heavy atom. The lowest BCUT2D eigenvalue weighted by molar-refractivity contribution is 0.0143. The summed E-state index contributed by atoms with van der Waals surface area (Å²) in [5, 5.41) is 0. The van der Waals surface area contributed by atoms with Crippen molar-refractivity contribution >= 4 is 16.1 Å². The van der Waals surface area contributed by atoms with Crippen LogP contribution in [0.1, 0.15) is 27.2 Å². The second-order valence-electron chi connectivity index (χ2n) is 6.88. The standard InChI is InChI=1S/C14H27N3O4S/c1-14(2,3)21-13(18)16-9-6-15(7-10-16)8-11-17-5-4-12-22(17,19)20/h4-12H2,1-3H3. The molecule has 2 aliphatic rings. The number of carbonyl (C=O) groups excluding carboxylic acids is 1. The molecule has 2 aliphatic heterocycles. The number of hydrogen-bond acceptors (Lipinski definition) is 5. The predicted molar refractivity (Wildman–Crippen MR) is 84.2 cm³/mol. The fourth-order valence-electron chi connectivity index (χ4n) is 2.68. The summed E-state index contributed by atoms with van der Waals surface area (Å²) in [4.78, 5) is 15.9. The molecule has 7 nitrogen and oxygen atoms in total. The number of ether oxygens (including phenoxy) is 1. The van der Waals surface area contributed by atoms with Crippen LogP contribution in [0.4, 0.5) is 4.79 Å². The van der Waals surface area contributed by atoms with Gasteiger partial charge in [-0.2, -0.15) is 0 Å². The van der Waals surface area contributed by atoms with Gasteiger partial charge in [0, 0.05) is 45.8 Å². The molecule has 0 N–H and O–H groups in total. The normalized spacial score (nSPS) is 23.7. The van der Waals surface area contributed by atoms with E-state index in [-0.39, 0.29) is 11.8 Å². The predicted octanol–water partition coefficient (Wildman–Crippen LogP) is 0.575. The van der Waals surface area contributed by atoms with Crippen LogP contribution >= 0.6 is 0 Å². The number of rotatable bonds is 3. The first-order chi connectivity index (χ1) is 10.2. The van der Waals surface area contributed by atoms with Crippen molar-refractivity contribution in [1.82, 2.24) is 14.1 Å². The summed E-state index contributed by atoms with van der Waals surface area (Å²) in [6.45, 7) is 10.3. The maximum atomic E-state index is 12.0. The Balaban J connectivity index is 1.72. The maximum Gasteiger partial charge on any atom is 0.410 e. The molecular formula is C14H27N3O4S. The van der Waals surface area contributed by atoms with Crippen LogP contribution in [0.3, 0.4) is 0 Å². The van der Waals surface area contributed by atoms with Gasteiger partial charge >= 0.3 is 6.09 Å². The molecule has 2 rings (SSSR count). The molecule has 0 aromatic carbocycles. The molecule has 0 aromatic heterocycles. The summed E-state index contributed by atoms with van der Waals surface area (Å²) in [7, 11) is -3.01. The Kier molecular flexibility index (Phi) is 5.34. The van der Waals surface area contributed by atoms with E-state index in [0.29, 0.717) is 26.2 Å². The lowest BCUT2D eigenvalue weighted by atomic mass is 10.2. The van der Waals surface area contributed by atoms with Crippen molar-refractivity contribution in [3.8, 4) is 0 Å². The molecule has 0 radical (unpaired) electrons. The Hall–Kier alpha value is -0.860. The third kappa shape index (κ3) is 4.82. The molecule has 22 heavy (non-hydrogen) atoms. The third-order valence-electron chi connectivity index (χ3n) is 3.89.